The SMILES string of the molecule is CCCC1CC1NCc1sccc1Br. The predicted octanol–water partition coefficient (Wildman–Crippen LogP) is 3.79. The van der Waals surface area contributed by atoms with Crippen molar-refractivity contribution in [2.24, 2.45) is 5.92 Å². The fourth-order valence-electron chi connectivity index (χ4n) is 1.86. The van der Waals surface area contributed by atoms with Crippen molar-refractivity contribution in [1.82, 2.24) is 5.32 Å². The molecule has 1 aliphatic rings. The molecule has 1 aliphatic carbocycles. The third kappa shape index (κ3) is 2.59. The Morgan fingerprint density at radius 1 is 1.64 bits per heavy atom. The zero-order valence-electron chi connectivity index (χ0n) is 8.42. The monoisotopic (exact) mass is 273 g/mol. The Kier molecular flexibility index (Phi) is 3.63. The van der Waals surface area contributed by atoms with Crippen molar-refractivity contribution in [1.29, 1.82) is 0 Å². The molecule has 0 radical (unpaired) electrons. The number of rotatable bonds is 5. The summed E-state index contributed by atoms with van der Waals surface area (Å²) in [6.07, 6.45) is 4.10. The van der Waals surface area contributed by atoms with Gasteiger partial charge in [-0.25, -0.2) is 0 Å². The Hall–Kier alpha value is 0.140. The van der Waals surface area contributed by atoms with Crippen LogP contribution in [0.1, 0.15) is 31.1 Å². The van der Waals surface area contributed by atoms with E-state index < -0.39 is 0 Å². The average molecular weight is 274 g/mol. The number of halogens is 1. The fraction of sp³-hybridized carbons (Fsp3) is 0.636. The van der Waals surface area contributed by atoms with Crippen molar-refractivity contribution in [3.63, 3.8) is 0 Å². The molecule has 2 unspecified atom stereocenters. The molecule has 1 nitrogen and oxygen atoms in total. The smallest absolute Gasteiger partial charge is 0.0327 e. The fourth-order valence-corrected chi connectivity index (χ4v) is 3.31. The normalized spacial score (nSPS) is 25.3. The number of hydrogen-bond acceptors (Lipinski definition) is 2. The van der Waals surface area contributed by atoms with E-state index in [4.69, 9.17) is 0 Å². The summed E-state index contributed by atoms with van der Waals surface area (Å²) in [6, 6.07) is 2.92. The van der Waals surface area contributed by atoms with Crippen molar-refractivity contribution in [2.45, 2.75) is 38.8 Å². The minimum atomic E-state index is 0.795. The van der Waals surface area contributed by atoms with Gasteiger partial charge in [-0.3, -0.25) is 0 Å². The highest BCUT2D eigenvalue weighted by atomic mass is 79.9. The predicted molar refractivity (Wildman–Crippen MR) is 65.7 cm³/mol. The zero-order valence-corrected chi connectivity index (χ0v) is 10.8. The molecular formula is C11H16BrNS. The third-order valence-corrected chi connectivity index (χ3v) is 4.72. The van der Waals surface area contributed by atoms with Crippen LogP contribution >= 0.6 is 27.3 Å². The standard InChI is InChI=1S/C11H16BrNS/c1-2-3-8-6-10(8)13-7-11-9(12)4-5-14-11/h4-5,8,10,13H,2-3,6-7H2,1H3. The van der Waals surface area contributed by atoms with E-state index in [1.165, 1.54) is 28.6 Å². The van der Waals surface area contributed by atoms with Gasteiger partial charge in [0, 0.05) is 21.9 Å². The van der Waals surface area contributed by atoms with Crippen LogP contribution in [0.3, 0.4) is 0 Å². The molecule has 78 valence electrons. The minimum Gasteiger partial charge on any atom is -0.309 e. The van der Waals surface area contributed by atoms with Crippen LogP contribution in [-0.4, -0.2) is 6.04 Å². The van der Waals surface area contributed by atoms with E-state index in [1.54, 1.807) is 0 Å². The molecule has 0 saturated heterocycles. The van der Waals surface area contributed by atoms with E-state index in [1.807, 2.05) is 11.3 Å². The maximum Gasteiger partial charge on any atom is 0.0327 e. The summed E-state index contributed by atoms with van der Waals surface area (Å²) in [7, 11) is 0. The molecule has 2 rings (SSSR count). The highest BCUT2D eigenvalue weighted by Crippen LogP contribution is 2.35. The van der Waals surface area contributed by atoms with Crippen molar-refractivity contribution in [3.8, 4) is 0 Å². The molecule has 1 aromatic heterocycles. The van der Waals surface area contributed by atoms with Gasteiger partial charge in [-0.1, -0.05) is 13.3 Å². The molecule has 1 saturated carbocycles. The average Bonchev–Trinajstić information content (AvgIpc) is 2.78. The Balaban J connectivity index is 1.72. The summed E-state index contributed by atoms with van der Waals surface area (Å²) in [6.45, 7) is 3.30. The second-order valence-electron chi connectivity index (χ2n) is 3.96. The Bertz CT molecular complexity index is 297. The maximum atomic E-state index is 3.62. The van der Waals surface area contributed by atoms with Crippen LogP contribution in [0.4, 0.5) is 0 Å². The topological polar surface area (TPSA) is 12.0 Å². The number of hydrogen-bond donors (Lipinski definition) is 1. The summed E-state index contributed by atoms with van der Waals surface area (Å²) >= 11 is 5.38. The molecule has 1 N–H and O–H groups in total. The Morgan fingerprint density at radius 3 is 3.14 bits per heavy atom. The van der Waals surface area contributed by atoms with Gasteiger partial charge >= 0.3 is 0 Å². The first-order valence-corrected chi connectivity index (χ1v) is 6.93. The van der Waals surface area contributed by atoms with E-state index >= 15 is 0 Å². The molecule has 0 amide bonds. The molecule has 1 aromatic rings. The van der Waals surface area contributed by atoms with Gasteiger partial charge in [0.05, 0.1) is 0 Å². The van der Waals surface area contributed by atoms with Gasteiger partial charge in [0.25, 0.3) is 0 Å². The van der Waals surface area contributed by atoms with Crippen molar-refractivity contribution < 1.29 is 0 Å². The molecule has 0 bridgehead atoms. The van der Waals surface area contributed by atoms with Crippen LogP contribution < -0.4 is 5.32 Å². The van der Waals surface area contributed by atoms with Gasteiger partial charge in [0.2, 0.25) is 0 Å². The second-order valence-corrected chi connectivity index (χ2v) is 5.82. The van der Waals surface area contributed by atoms with E-state index in [-0.39, 0.29) is 0 Å². The molecule has 2 atom stereocenters. The first kappa shape index (κ1) is 10.7. The van der Waals surface area contributed by atoms with Crippen LogP contribution in [-0.2, 0) is 6.54 Å². The van der Waals surface area contributed by atoms with Crippen LogP contribution in [0.15, 0.2) is 15.9 Å². The van der Waals surface area contributed by atoms with Gasteiger partial charge < -0.3 is 5.32 Å². The van der Waals surface area contributed by atoms with E-state index in [9.17, 15) is 0 Å². The van der Waals surface area contributed by atoms with Crippen LogP contribution in [0.25, 0.3) is 0 Å². The van der Waals surface area contributed by atoms with Crippen molar-refractivity contribution >= 4 is 27.3 Å². The molecule has 0 aliphatic heterocycles. The summed E-state index contributed by atoms with van der Waals surface area (Å²) < 4.78 is 1.25. The minimum absolute atomic E-state index is 0.795. The van der Waals surface area contributed by atoms with Crippen LogP contribution in [0, 0.1) is 5.92 Å². The Morgan fingerprint density at radius 2 is 2.50 bits per heavy atom. The first-order chi connectivity index (χ1) is 6.81. The molecular weight excluding hydrogens is 258 g/mol. The molecule has 0 spiro atoms. The largest absolute Gasteiger partial charge is 0.309 e. The molecule has 14 heavy (non-hydrogen) atoms. The van der Waals surface area contributed by atoms with E-state index in [2.05, 4.69) is 39.6 Å². The quantitative estimate of drug-likeness (QED) is 0.861. The van der Waals surface area contributed by atoms with Gasteiger partial charge in [0.15, 0.2) is 0 Å². The summed E-state index contributed by atoms with van der Waals surface area (Å²) in [5.74, 6) is 0.957. The highest BCUT2D eigenvalue weighted by Gasteiger charge is 2.35. The second kappa shape index (κ2) is 4.77. The van der Waals surface area contributed by atoms with Gasteiger partial charge in [-0.15, -0.1) is 11.3 Å². The number of thiophene rings is 1. The zero-order chi connectivity index (χ0) is 9.97. The van der Waals surface area contributed by atoms with E-state index in [0.29, 0.717) is 0 Å². The maximum absolute atomic E-state index is 3.62. The molecule has 0 aromatic carbocycles. The third-order valence-electron chi connectivity index (χ3n) is 2.80. The van der Waals surface area contributed by atoms with Crippen molar-refractivity contribution in [3.05, 3.63) is 20.8 Å². The van der Waals surface area contributed by atoms with Crippen LogP contribution in [0.2, 0.25) is 0 Å². The summed E-state index contributed by atoms with van der Waals surface area (Å²) in [5.41, 5.74) is 0. The van der Waals surface area contributed by atoms with Gasteiger partial charge in [-0.05, 0) is 46.1 Å². The lowest BCUT2D eigenvalue weighted by atomic mass is 10.2. The lowest BCUT2D eigenvalue weighted by Gasteiger charge is -2.02. The van der Waals surface area contributed by atoms with Crippen molar-refractivity contribution in [2.75, 3.05) is 0 Å². The Labute approximate surface area is 98.0 Å². The van der Waals surface area contributed by atoms with Crippen LogP contribution in [0.5, 0.6) is 0 Å². The lowest BCUT2D eigenvalue weighted by molar-refractivity contribution is 0.602. The summed E-state index contributed by atoms with van der Waals surface area (Å²) in [4.78, 5) is 1.42. The highest BCUT2D eigenvalue weighted by molar-refractivity contribution is 9.10. The molecule has 3 heteroatoms. The van der Waals surface area contributed by atoms with Gasteiger partial charge in [0.1, 0.15) is 0 Å². The first-order valence-electron chi connectivity index (χ1n) is 5.26. The molecule has 1 heterocycles. The number of nitrogens with one attached hydrogen (secondary N) is 1. The summed E-state index contributed by atoms with van der Waals surface area (Å²) in [5, 5.41) is 5.75. The molecule has 1 fully saturated rings. The van der Waals surface area contributed by atoms with Gasteiger partial charge in [-0.2, -0.15) is 0 Å². The lowest BCUT2D eigenvalue weighted by Crippen LogP contribution is -2.17. The van der Waals surface area contributed by atoms with E-state index in [0.717, 1.165) is 18.5 Å².